The molecule has 0 saturated carbocycles. The summed E-state index contributed by atoms with van der Waals surface area (Å²) in [5.41, 5.74) is 0.480. The average Bonchev–Trinajstić information content (AvgIpc) is 2.88. The van der Waals surface area contributed by atoms with Crippen LogP contribution < -0.4 is 24.3 Å². The van der Waals surface area contributed by atoms with Gasteiger partial charge in [-0.1, -0.05) is 0 Å². The summed E-state index contributed by atoms with van der Waals surface area (Å²) >= 11 is 0. The van der Waals surface area contributed by atoms with E-state index in [1.54, 1.807) is 0 Å². The van der Waals surface area contributed by atoms with Gasteiger partial charge in [0.05, 0.1) is 32.2 Å². The van der Waals surface area contributed by atoms with Gasteiger partial charge in [-0.25, -0.2) is 18.7 Å². The second-order valence-corrected chi connectivity index (χ2v) is 8.19. The monoisotopic (exact) mass is 486 g/mol. The molecule has 4 rings (SSSR count). The molecule has 2 heterocycles. The topological polar surface area (TPSA) is 78.0 Å². The van der Waals surface area contributed by atoms with E-state index in [2.05, 4.69) is 27.2 Å². The van der Waals surface area contributed by atoms with Crippen molar-refractivity contribution >= 4 is 11.6 Å². The molecule has 10 heteroatoms. The lowest BCUT2D eigenvalue weighted by Gasteiger charge is -2.29. The Labute approximate surface area is 202 Å². The third-order valence-electron chi connectivity index (χ3n) is 5.75. The van der Waals surface area contributed by atoms with E-state index in [1.165, 1.54) is 26.6 Å². The number of halogens is 2. The van der Waals surface area contributed by atoms with Gasteiger partial charge in [0.1, 0.15) is 18.5 Å². The van der Waals surface area contributed by atoms with E-state index >= 15 is 0 Å². The molecule has 3 aromatic rings. The summed E-state index contributed by atoms with van der Waals surface area (Å²) in [6.45, 7) is 1.69. The molecule has 1 aliphatic heterocycles. The first-order chi connectivity index (χ1) is 17.0. The standard InChI is InChI=1S/C25H28F2N4O4/c1-31-10-8-18(9-11-31)35-17-6-4-16(5-7-17)30-25-28-13-19(14-29-25)34-15-20-23(26)21(32-2)12-22(33-3)24(20)27/h4-7,12-14,18H,8-11,15H2,1-3H3,(H,28,29,30). The van der Waals surface area contributed by atoms with Gasteiger partial charge < -0.3 is 29.2 Å². The van der Waals surface area contributed by atoms with E-state index in [4.69, 9.17) is 18.9 Å². The fourth-order valence-electron chi connectivity index (χ4n) is 3.72. The first-order valence-electron chi connectivity index (χ1n) is 11.2. The van der Waals surface area contributed by atoms with E-state index in [0.29, 0.717) is 5.95 Å². The van der Waals surface area contributed by atoms with Gasteiger partial charge in [0, 0.05) is 24.8 Å². The number of likely N-dealkylation sites (tertiary alicyclic amines) is 1. The minimum absolute atomic E-state index is 0.139. The van der Waals surface area contributed by atoms with Crippen molar-refractivity contribution in [1.29, 1.82) is 0 Å². The Bertz CT molecular complexity index is 1090. The number of aromatic nitrogens is 2. The number of nitrogens with one attached hydrogen (secondary N) is 1. The van der Waals surface area contributed by atoms with Crippen LogP contribution in [0.4, 0.5) is 20.4 Å². The number of nitrogens with zero attached hydrogens (tertiary/aromatic N) is 3. The maximum Gasteiger partial charge on any atom is 0.227 e. The molecule has 0 spiro atoms. The summed E-state index contributed by atoms with van der Waals surface area (Å²) in [7, 11) is 4.70. The van der Waals surface area contributed by atoms with Crippen LogP contribution in [0.15, 0.2) is 42.7 Å². The smallest absolute Gasteiger partial charge is 0.227 e. The van der Waals surface area contributed by atoms with Crippen LogP contribution in [0.25, 0.3) is 0 Å². The molecule has 0 aliphatic carbocycles. The predicted molar refractivity (Wildman–Crippen MR) is 127 cm³/mol. The number of methoxy groups -OCH3 is 2. The molecular formula is C25H28F2N4O4. The minimum atomic E-state index is -0.853. The van der Waals surface area contributed by atoms with Gasteiger partial charge in [-0.3, -0.25) is 0 Å². The molecule has 1 aliphatic rings. The number of rotatable bonds is 9. The predicted octanol–water partition coefficient (Wildman–Crippen LogP) is 4.57. The maximum absolute atomic E-state index is 14.5. The van der Waals surface area contributed by atoms with Crippen LogP contribution >= 0.6 is 0 Å². The van der Waals surface area contributed by atoms with E-state index < -0.39 is 11.6 Å². The van der Waals surface area contributed by atoms with E-state index in [-0.39, 0.29) is 35.5 Å². The van der Waals surface area contributed by atoms with Gasteiger partial charge in [0.25, 0.3) is 0 Å². The largest absolute Gasteiger partial charge is 0.494 e. The third kappa shape index (κ3) is 6.07. The Hall–Kier alpha value is -3.66. The lowest BCUT2D eigenvalue weighted by molar-refractivity contribution is 0.114. The molecule has 35 heavy (non-hydrogen) atoms. The molecule has 0 radical (unpaired) electrons. The van der Waals surface area contributed by atoms with Gasteiger partial charge in [0.2, 0.25) is 5.95 Å². The highest BCUT2D eigenvalue weighted by Gasteiger charge is 2.21. The van der Waals surface area contributed by atoms with Gasteiger partial charge >= 0.3 is 0 Å². The molecule has 2 aromatic carbocycles. The van der Waals surface area contributed by atoms with Gasteiger partial charge in [-0.2, -0.15) is 0 Å². The van der Waals surface area contributed by atoms with Crippen LogP contribution in [0, 0.1) is 11.6 Å². The van der Waals surface area contributed by atoms with Gasteiger partial charge in [0.15, 0.2) is 28.9 Å². The summed E-state index contributed by atoms with van der Waals surface area (Å²) < 4.78 is 50.4. The van der Waals surface area contributed by atoms with Crippen LogP contribution in [-0.4, -0.2) is 55.3 Å². The summed E-state index contributed by atoms with van der Waals surface area (Å²) in [5, 5.41) is 3.10. The zero-order valence-corrected chi connectivity index (χ0v) is 19.9. The van der Waals surface area contributed by atoms with Crippen LogP contribution in [0.5, 0.6) is 23.0 Å². The number of hydrogen-bond donors (Lipinski definition) is 1. The molecule has 0 amide bonds. The Kier molecular flexibility index (Phi) is 7.81. The van der Waals surface area contributed by atoms with Crippen molar-refractivity contribution in [3.63, 3.8) is 0 Å². The second-order valence-electron chi connectivity index (χ2n) is 8.19. The van der Waals surface area contributed by atoms with Crippen molar-refractivity contribution in [2.75, 3.05) is 39.7 Å². The minimum Gasteiger partial charge on any atom is -0.494 e. The molecule has 8 nitrogen and oxygen atoms in total. The lowest BCUT2D eigenvalue weighted by Crippen LogP contribution is -2.35. The van der Waals surface area contributed by atoms with E-state index in [9.17, 15) is 8.78 Å². The third-order valence-corrected chi connectivity index (χ3v) is 5.75. The highest BCUT2D eigenvalue weighted by Crippen LogP contribution is 2.32. The van der Waals surface area contributed by atoms with E-state index in [1.807, 2.05) is 24.3 Å². The lowest BCUT2D eigenvalue weighted by atomic mass is 10.1. The molecular weight excluding hydrogens is 458 g/mol. The first-order valence-corrected chi connectivity index (χ1v) is 11.2. The second kappa shape index (κ2) is 11.2. The Morgan fingerprint density at radius 3 is 2.11 bits per heavy atom. The van der Waals surface area contributed by atoms with Crippen molar-refractivity contribution in [3.05, 3.63) is 59.9 Å². The molecule has 0 atom stereocenters. The normalized spacial score (nSPS) is 14.4. The Balaban J connectivity index is 1.33. The van der Waals surface area contributed by atoms with Crippen molar-refractivity contribution in [3.8, 4) is 23.0 Å². The molecule has 1 fully saturated rings. The molecule has 0 bridgehead atoms. The molecule has 0 unspecified atom stereocenters. The highest BCUT2D eigenvalue weighted by atomic mass is 19.1. The zero-order valence-electron chi connectivity index (χ0n) is 19.9. The molecule has 1 N–H and O–H groups in total. The highest BCUT2D eigenvalue weighted by molar-refractivity contribution is 5.54. The number of anilines is 2. The number of hydrogen-bond acceptors (Lipinski definition) is 8. The molecule has 186 valence electrons. The summed E-state index contributed by atoms with van der Waals surface area (Å²) in [4.78, 5) is 10.7. The van der Waals surface area contributed by atoms with Gasteiger partial charge in [-0.15, -0.1) is 0 Å². The summed E-state index contributed by atoms with van der Waals surface area (Å²) in [6, 6.07) is 8.73. The SMILES string of the molecule is COc1cc(OC)c(F)c(COc2cnc(Nc3ccc(OC4CCN(C)CC4)cc3)nc2)c1F. The number of benzene rings is 2. The van der Waals surface area contributed by atoms with Crippen LogP contribution in [0.2, 0.25) is 0 Å². The molecule has 1 saturated heterocycles. The fourth-order valence-corrected chi connectivity index (χ4v) is 3.72. The zero-order chi connectivity index (χ0) is 24.8. The van der Waals surface area contributed by atoms with Crippen LogP contribution in [0.3, 0.4) is 0 Å². The van der Waals surface area contributed by atoms with Crippen molar-refractivity contribution in [2.45, 2.75) is 25.6 Å². The number of ether oxygens (including phenoxy) is 4. The van der Waals surface area contributed by atoms with Gasteiger partial charge in [-0.05, 0) is 44.2 Å². The van der Waals surface area contributed by atoms with Crippen LogP contribution in [-0.2, 0) is 6.61 Å². The summed E-state index contributed by atoms with van der Waals surface area (Å²) in [5.74, 6) is -0.564. The first kappa shape index (κ1) is 24.5. The van der Waals surface area contributed by atoms with Crippen LogP contribution in [0.1, 0.15) is 18.4 Å². The van der Waals surface area contributed by atoms with Crippen molar-refractivity contribution in [1.82, 2.24) is 14.9 Å². The number of piperidine rings is 1. The summed E-state index contributed by atoms with van der Waals surface area (Å²) in [6.07, 6.45) is 5.11. The fraction of sp³-hybridized carbons (Fsp3) is 0.360. The maximum atomic E-state index is 14.5. The van der Waals surface area contributed by atoms with Crippen molar-refractivity contribution in [2.24, 2.45) is 0 Å². The van der Waals surface area contributed by atoms with Crippen molar-refractivity contribution < 1.29 is 27.7 Å². The average molecular weight is 487 g/mol. The Morgan fingerprint density at radius 2 is 1.54 bits per heavy atom. The Morgan fingerprint density at radius 1 is 0.943 bits per heavy atom. The quantitative estimate of drug-likeness (QED) is 0.472. The van der Waals surface area contributed by atoms with E-state index in [0.717, 1.165) is 43.4 Å². The molecule has 1 aromatic heterocycles.